The number of carbonyl (C=O) groups excluding carboxylic acids is 1. The first-order chi connectivity index (χ1) is 15.2. The van der Waals surface area contributed by atoms with Crippen LogP contribution in [0.2, 0.25) is 0 Å². The summed E-state index contributed by atoms with van der Waals surface area (Å²) >= 11 is 0. The first-order valence-electron chi connectivity index (χ1n) is 10.6. The Bertz CT molecular complexity index is 1040. The fraction of sp³-hybridized carbons (Fsp3) is 0.320. The van der Waals surface area contributed by atoms with Gasteiger partial charge in [-0.05, 0) is 41.1 Å². The number of nitrogens with one attached hydrogen (secondary N) is 1. The second-order valence-electron chi connectivity index (χ2n) is 7.78. The highest BCUT2D eigenvalue weighted by Crippen LogP contribution is 2.23. The Morgan fingerprint density at radius 1 is 0.903 bits per heavy atom. The molecule has 6 nitrogen and oxygen atoms in total. The van der Waals surface area contributed by atoms with Crippen molar-refractivity contribution in [3.05, 3.63) is 66.2 Å². The quantitative estimate of drug-likeness (QED) is 0.635. The molecule has 4 rings (SSSR count). The average molecular weight is 422 g/mol. The number of piperazine rings is 1. The van der Waals surface area contributed by atoms with Crippen molar-refractivity contribution in [1.82, 2.24) is 4.90 Å². The number of rotatable bonds is 7. The molecule has 0 unspecified atom stereocenters. The average Bonchev–Trinajstić information content (AvgIpc) is 2.82. The van der Waals surface area contributed by atoms with Gasteiger partial charge in [-0.25, -0.2) is 0 Å². The number of ether oxygens (including phenoxy) is 3. The number of hydrogen-bond donors (Lipinski definition) is 1. The van der Waals surface area contributed by atoms with Gasteiger partial charge >= 0.3 is 0 Å². The van der Waals surface area contributed by atoms with Gasteiger partial charge in [-0.15, -0.1) is 0 Å². The van der Waals surface area contributed by atoms with Crippen LogP contribution in [0.5, 0.6) is 17.2 Å². The van der Waals surface area contributed by atoms with E-state index in [0.29, 0.717) is 0 Å². The fourth-order valence-corrected chi connectivity index (χ4v) is 4.03. The summed E-state index contributed by atoms with van der Waals surface area (Å²) in [5.74, 6) is 2.46. The smallest absolute Gasteiger partial charge is 0.260 e. The Balaban J connectivity index is 1.28. The van der Waals surface area contributed by atoms with Crippen LogP contribution in [0.25, 0.3) is 10.8 Å². The predicted octanol–water partition coefficient (Wildman–Crippen LogP) is 2.16. The molecule has 0 saturated carbocycles. The number of benzene rings is 3. The lowest BCUT2D eigenvalue weighted by molar-refractivity contribution is -0.917. The normalized spacial score (nSPS) is 14.5. The topological polar surface area (TPSA) is 52.4 Å². The highest BCUT2D eigenvalue weighted by atomic mass is 16.5. The zero-order valence-corrected chi connectivity index (χ0v) is 18.1. The van der Waals surface area contributed by atoms with Crippen LogP contribution in [-0.4, -0.2) is 57.8 Å². The number of methoxy groups -OCH3 is 2. The van der Waals surface area contributed by atoms with Crippen molar-refractivity contribution < 1.29 is 23.9 Å². The van der Waals surface area contributed by atoms with Crippen molar-refractivity contribution in [3.63, 3.8) is 0 Å². The number of carbonyl (C=O) groups is 1. The molecule has 0 bridgehead atoms. The van der Waals surface area contributed by atoms with Crippen molar-refractivity contribution in [2.45, 2.75) is 6.54 Å². The molecule has 1 heterocycles. The van der Waals surface area contributed by atoms with Gasteiger partial charge in [0.25, 0.3) is 5.91 Å². The Hall–Kier alpha value is -3.25. The Kier molecular flexibility index (Phi) is 6.57. The van der Waals surface area contributed by atoms with Crippen LogP contribution in [0, 0.1) is 0 Å². The molecule has 1 aliphatic heterocycles. The van der Waals surface area contributed by atoms with Crippen molar-refractivity contribution in [2.24, 2.45) is 0 Å². The molecule has 1 amide bonds. The van der Waals surface area contributed by atoms with E-state index in [1.165, 1.54) is 4.90 Å². The van der Waals surface area contributed by atoms with Crippen LogP contribution >= 0.6 is 0 Å². The number of amides is 1. The lowest BCUT2D eigenvalue weighted by Crippen LogP contribution is -3.13. The molecule has 1 aliphatic rings. The van der Waals surface area contributed by atoms with Gasteiger partial charge in [-0.1, -0.05) is 30.3 Å². The van der Waals surface area contributed by atoms with Crippen molar-refractivity contribution in [2.75, 3.05) is 47.0 Å². The van der Waals surface area contributed by atoms with Gasteiger partial charge in [0.05, 0.1) is 46.0 Å². The second-order valence-corrected chi connectivity index (χ2v) is 7.78. The molecule has 1 fully saturated rings. The van der Waals surface area contributed by atoms with Gasteiger partial charge < -0.3 is 24.0 Å². The minimum Gasteiger partial charge on any atom is -0.497 e. The van der Waals surface area contributed by atoms with Gasteiger partial charge in [0.15, 0.2) is 6.61 Å². The Morgan fingerprint density at radius 3 is 2.39 bits per heavy atom. The number of nitrogens with zero attached hydrogens (tertiary/aromatic N) is 1. The minimum absolute atomic E-state index is 0.0335. The SMILES string of the molecule is COc1ccc(OC)c(C[NH+]2CCN(C(=O)COc3ccc4ccccc4c3)CC2)c1. The molecule has 0 spiro atoms. The molecular formula is C25H29N2O4+. The van der Waals surface area contributed by atoms with Crippen molar-refractivity contribution >= 4 is 16.7 Å². The van der Waals surface area contributed by atoms with E-state index in [0.717, 1.165) is 66.3 Å². The highest BCUT2D eigenvalue weighted by Gasteiger charge is 2.25. The standard InChI is InChI=1S/C25H28N2O4/c1-29-22-9-10-24(30-2)21(16-22)17-26-11-13-27(14-12-26)25(28)18-31-23-8-7-19-5-3-4-6-20(19)15-23/h3-10,15-16H,11-14,17-18H2,1-2H3/p+1. The maximum Gasteiger partial charge on any atom is 0.260 e. The van der Waals surface area contributed by atoms with E-state index in [4.69, 9.17) is 14.2 Å². The van der Waals surface area contributed by atoms with Crippen LogP contribution in [0.4, 0.5) is 0 Å². The van der Waals surface area contributed by atoms with E-state index in [1.54, 1.807) is 14.2 Å². The third-order valence-electron chi connectivity index (χ3n) is 5.83. The molecule has 3 aromatic rings. The van der Waals surface area contributed by atoms with Gasteiger partial charge in [-0.2, -0.15) is 0 Å². The van der Waals surface area contributed by atoms with E-state index >= 15 is 0 Å². The summed E-state index contributed by atoms with van der Waals surface area (Å²) in [4.78, 5) is 16.0. The summed E-state index contributed by atoms with van der Waals surface area (Å²) in [6.07, 6.45) is 0. The van der Waals surface area contributed by atoms with E-state index in [9.17, 15) is 4.79 Å². The van der Waals surface area contributed by atoms with E-state index in [2.05, 4.69) is 6.07 Å². The lowest BCUT2D eigenvalue weighted by atomic mass is 10.1. The fourth-order valence-electron chi connectivity index (χ4n) is 4.03. The molecule has 6 heteroatoms. The summed E-state index contributed by atoms with van der Waals surface area (Å²) < 4.78 is 16.6. The lowest BCUT2D eigenvalue weighted by Gasteiger charge is -2.32. The summed E-state index contributed by atoms with van der Waals surface area (Å²) in [6, 6.07) is 19.9. The Morgan fingerprint density at radius 2 is 1.65 bits per heavy atom. The van der Waals surface area contributed by atoms with E-state index < -0.39 is 0 Å². The molecular weight excluding hydrogens is 392 g/mol. The monoisotopic (exact) mass is 421 g/mol. The van der Waals surface area contributed by atoms with Gasteiger partial charge in [0, 0.05) is 0 Å². The maximum atomic E-state index is 12.6. The Labute approximate surface area is 182 Å². The molecule has 3 aromatic carbocycles. The number of hydrogen-bond acceptors (Lipinski definition) is 4. The van der Waals surface area contributed by atoms with E-state index in [1.807, 2.05) is 59.5 Å². The molecule has 162 valence electrons. The summed E-state index contributed by atoms with van der Waals surface area (Å²) in [7, 11) is 3.36. The highest BCUT2D eigenvalue weighted by molar-refractivity contribution is 5.84. The number of fused-ring (bicyclic) bond motifs is 1. The maximum absolute atomic E-state index is 12.6. The minimum atomic E-state index is 0.0335. The molecule has 0 radical (unpaired) electrons. The van der Waals surface area contributed by atoms with Gasteiger partial charge in [0.2, 0.25) is 0 Å². The predicted molar refractivity (Wildman–Crippen MR) is 120 cm³/mol. The molecule has 1 N–H and O–H groups in total. The zero-order valence-electron chi connectivity index (χ0n) is 18.1. The van der Waals surface area contributed by atoms with Crippen LogP contribution in [0.15, 0.2) is 60.7 Å². The molecule has 0 atom stereocenters. The largest absolute Gasteiger partial charge is 0.497 e. The molecule has 31 heavy (non-hydrogen) atoms. The van der Waals surface area contributed by atoms with Gasteiger partial charge in [-0.3, -0.25) is 4.79 Å². The summed E-state index contributed by atoms with van der Waals surface area (Å²) in [6.45, 7) is 4.14. The molecule has 0 aliphatic carbocycles. The number of quaternary nitrogens is 1. The molecule has 1 saturated heterocycles. The summed E-state index contributed by atoms with van der Waals surface area (Å²) in [5.41, 5.74) is 1.12. The van der Waals surface area contributed by atoms with Crippen LogP contribution in [0.1, 0.15) is 5.56 Å². The van der Waals surface area contributed by atoms with Gasteiger partial charge in [0.1, 0.15) is 23.8 Å². The second kappa shape index (κ2) is 9.71. The zero-order chi connectivity index (χ0) is 21.6. The van der Waals surface area contributed by atoms with Crippen molar-refractivity contribution in [1.29, 1.82) is 0 Å². The summed E-state index contributed by atoms with van der Waals surface area (Å²) in [5, 5.41) is 2.27. The molecule has 0 aromatic heterocycles. The van der Waals surface area contributed by atoms with Crippen LogP contribution in [0.3, 0.4) is 0 Å². The third kappa shape index (κ3) is 5.09. The van der Waals surface area contributed by atoms with Crippen molar-refractivity contribution in [3.8, 4) is 17.2 Å². The van der Waals surface area contributed by atoms with E-state index in [-0.39, 0.29) is 12.5 Å². The third-order valence-corrected chi connectivity index (χ3v) is 5.83. The first-order valence-corrected chi connectivity index (χ1v) is 10.6. The van der Waals surface area contributed by atoms with Crippen LogP contribution in [-0.2, 0) is 11.3 Å². The van der Waals surface area contributed by atoms with Crippen LogP contribution < -0.4 is 19.1 Å². The first kappa shape index (κ1) is 21.0.